The van der Waals surface area contributed by atoms with Gasteiger partial charge in [-0.2, -0.15) is 5.10 Å². The highest BCUT2D eigenvalue weighted by Crippen LogP contribution is 2.38. The van der Waals surface area contributed by atoms with Gasteiger partial charge in [0.05, 0.1) is 21.1 Å². The maximum Gasteiger partial charge on any atom is 0.150 e. The van der Waals surface area contributed by atoms with Crippen molar-refractivity contribution in [2.24, 2.45) is 0 Å². The van der Waals surface area contributed by atoms with Crippen LogP contribution in [-0.4, -0.2) is 26.4 Å². The van der Waals surface area contributed by atoms with E-state index in [0.717, 1.165) is 24.8 Å². The molecule has 4 aromatic rings. The molecule has 5 rings (SSSR count). The zero-order chi connectivity index (χ0) is 23.8. The molecule has 0 spiro atoms. The average molecular weight is 522 g/mol. The third-order valence-electron chi connectivity index (χ3n) is 5.79. The van der Waals surface area contributed by atoms with Gasteiger partial charge in [-0.15, -0.1) is 0 Å². The summed E-state index contributed by atoms with van der Waals surface area (Å²) >= 11 is 18.5. The molecule has 1 aliphatic heterocycles. The summed E-state index contributed by atoms with van der Waals surface area (Å²) < 4.78 is 28.8. The summed E-state index contributed by atoms with van der Waals surface area (Å²) in [7, 11) is 0. The maximum atomic E-state index is 14.9. The molecule has 6 nitrogen and oxygen atoms in total. The van der Waals surface area contributed by atoms with E-state index in [9.17, 15) is 4.39 Å². The van der Waals surface area contributed by atoms with E-state index in [-0.39, 0.29) is 16.9 Å². The lowest BCUT2D eigenvalue weighted by atomic mass is 10.1. The first-order valence-electron chi connectivity index (χ1n) is 10.8. The minimum Gasteiger partial charge on any atom is -0.486 e. The van der Waals surface area contributed by atoms with Crippen molar-refractivity contribution in [3.8, 4) is 17.0 Å². The molecule has 0 aliphatic carbocycles. The van der Waals surface area contributed by atoms with E-state index in [1.54, 1.807) is 0 Å². The van der Waals surface area contributed by atoms with Crippen LogP contribution in [0.1, 0.15) is 44.1 Å². The van der Waals surface area contributed by atoms with E-state index in [1.165, 1.54) is 24.7 Å². The molecule has 0 bridgehead atoms. The van der Waals surface area contributed by atoms with E-state index >= 15 is 0 Å². The van der Waals surface area contributed by atoms with Crippen LogP contribution in [0, 0.1) is 5.82 Å². The normalized spacial score (nSPS) is 17.1. The molecule has 0 unspecified atom stereocenters. The summed E-state index contributed by atoms with van der Waals surface area (Å²) in [5, 5.41) is 6.35. The van der Waals surface area contributed by atoms with Crippen molar-refractivity contribution in [2.75, 3.05) is 6.61 Å². The first-order chi connectivity index (χ1) is 16.4. The number of aromatic nitrogens is 4. The second-order valence-electron chi connectivity index (χ2n) is 8.06. The quantitative estimate of drug-likeness (QED) is 0.256. The molecule has 4 heterocycles. The average Bonchev–Trinajstić information content (AvgIpc) is 3.18. The predicted octanol–water partition coefficient (Wildman–Crippen LogP) is 7.43. The highest BCUT2D eigenvalue weighted by atomic mass is 35.5. The minimum absolute atomic E-state index is 0.0737. The second-order valence-corrected chi connectivity index (χ2v) is 9.26. The molecule has 1 saturated heterocycles. The number of nitrogens with zero attached hydrogens (tertiary/aromatic N) is 4. The SMILES string of the molecule is C[C@@H](Oc1ccc2c(c1)c(-c1cnc(Cl)cc1F)nn2[C@H]1CCCCO1)c1c(Cl)cncc1Cl. The van der Waals surface area contributed by atoms with Gasteiger partial charge in [0.25, 0.3) is 0 Å². The predicted molar refractivity (Wildman–Crippen MR) is 130 cm³/mol. The zero-order valence-corrected chi connectivity index (χ0v) is 20.4. The molecule has 0 radical (unpaired) electrons. The number of hydrogen-bond donors (Lipinski definition) is 0. The van der Waals surface area contributed by atoms with Crippen LogP contribution in [0.4, 0.5) is 4.39 Å². The summed E-state index contributed by atoms with van der Waals surface area (Å²) in [6, 6.07) is 6.73. The molecule has 2 atom stereocenters. The van der Waals surface area contributed by atoms with E-state index < -0.39 is 11.9 Å². The van der Waals surface area contributed by atoms with Gasteiger partial charge in [-0.05, 0) is 44.4 Å². The van der Waals surface area contributed by atoms with Crippen LogP contribution in [0.2, 0.25) is 15.2 Å². The number of pyridine rings is 2. The van der Waals surface area contributed by atoms with Crippen LogP contribution < -0.4 is 4.74 Å². The number of fused-ring (bicyclic) bond motifs is 1. The Bertz CT molecular complexity index is 1340. The Hall–Kier alpha value is -2.45. The van der Waals surface area contributed by atoms with Crippen molar-refractivity contribution < 1.29 is 13.9 Å². The Morgan fingerprint density at radius 3 is 2.62 bits per heavy atom. The Kier molecular flexibility index (Phi) is 6.62. The lowest BCUT2D eigenvalue weighted by Crippen LogP contribution is -2.19. The highest BCUT2D eigenvalue weighted by Gasteiger charge is 2.24. The van der Waals surface area contributed by atoms with Gasteiger partial charge in [0.2, 0.25) is 0 Å². The van der Waals surface area contributed by atoms with E-state index in [0.29, 0.717) is 39.0 Å². The van der Waals surface area contributed by atoms with Crippen molar-refractivity contribution in [1.82, 2.24) is 19.7 Å². The standard InChI is InChI=1S/C24H20Cl3FN4O2/c1-13(23-17(25)11-29-12-18(23)26)34-14-5-6-20-15(8-14)24(16-10-30-21(27)9-19(16)28)31-32(20)22-4-2-3-7-33-22/h5-6,8-13,22H,2-4,7H2,1H3/t13-,22-/m1/s1. The molecular weight excluding hydrogens is 502 g/mol. The summed E-state index contributed by atoms with van der Waals surface area (Å²) in [5.41, 5.74) is 2.12. The maximum absolute atomic E-state index is 14.9. The van der Waals surface area contributed by atoms with Crippen LogP contribution in [0.25, 0.3) is 22.2 Å². The number of ether oxygens (including phenoxy) is 2. The van der Waals surface area contributed by atoms with Gasteiger partial charge in [-0.25, -0.2) is 14.1 Å². The molecule has 10 heteroatoms. The van der Waals surface area contributed by atoms with E-state index in [1.807, 2.05) is 29.8 Å². The van der Waals surface area contributed by atoms with Crippen molar-refractivity contribution in [3.63, 3.8) is 0 Å². The van der Waals surface area contributed by atoms with Crippen molar-refractivity contribution in [2.45, 2.75) is 38.5 Å². The van der Waals surface area contributed by atoms with Crippen molar-refractivity contribution in [3.05, 3.63) is 69.4 Å². The number of hydrogen-bond acceptors (Lipinski definition) is 5. The fourth-order valence-corrected chi connectivity index (χ4v) is 5.00. The van der Waals surface area contributed by atoms with Gasteiger partial charge >= 0.3 is 0 Å². The van der Waals surface area contributed by atoms with Crippen molar-refractivity contribution >= 4 is 45.7 Å². The van der Waals surface area contributed by atoms with Gasteiger partial charge in [0.1, 0.15) is 28.5 Å². The lowest BCUT2D eigenvalue weighted by molar-refractivity contribution is -0.0365. The fourth-order valence-electron chi connectivity index (χ4n) is 4.18. The molecule has 0 N–H and O–H groups in total. The van der Waals surface area contributed by atoms with E-state index in [4.69, 9.17) is 49.4 Å². The topological polar surface area (TPSA) is 62.1 Å². The smallest absolute Gasteiger partial charge is 0.150 e. The molecule has 1 aliphatic rings. The Labute approximate surface area is 210 Å². The van der Waals surface area contributed by atoms with Crippen LogP contribution in [-0.2, 0) is 4.74 Å². The Morgan fingerprint density at radius 1 is 1.12 bits per heavy atom. The first kappa shape index (κ1) is 23.3. The molecule has 0 saturated carbocycles. The number of halogens is 4. The Morgan fingerprint density at radius 2 is 1.91 bits per heavy atom. The molecule has 176 valence electrons. The lowest BCUT2D eigenvalue weighted by Gasteiger charge is -2.23. The minimum atomic E-state index is -0.508. The van der Waals surface area contributed by atoms with Gasteiger partial charge in [-0.1, -0.05) is 34.8 Å². The monoisotopic (exact) mass is 520 g/mol. The summed E-state index contributed by atoms with van der Waals surface area (Å²) in [6.45, 7) is 2.50. The molecule has 3 aromatic heterocycles. The van der Waals surface area contributed by atoms with Crippen LogP contribution >= 0.6 is 34.8 Å². The summed E-state index contributed by atoms with van der Waals surface area (Å²) in [6.07, 6.45) is 6.62. The number of benzene rings is 1. The summed E-state index contributed by atoms with van der Waals surface area (Å²) in [5.74, 6) is 0.0443. The second kappa shape index (κ2) is 9.66. The van der Waals surface area contributed by atoms with Crippen LogP contribution in [0.3, 0.4) is 0 Å². The van der Waals surface area contributed by atoms with Crippen LogP contribution in [0.5, 0.6) is 5.75 Å². The molecule has 0 amide bonds. The first-order valence-corrected chi connectivity index (χ1v) is 12.0. The van der Waals surface area contributed by atoms with E-state index in [2.05, 4.69) is 9.97 Å². The molecular formula is C24H20Cl3FN4O2. The van der Waals surface area contributed by atoms with Gasteiger partial charge in [0.15, 0.2) is 6.23 Å². The largest absolute Gasteiger partial charge is 0.486 e. The highest BCUT2D eigenvalue weighted by molar-refractivity contribution is 6.35. The zero-order valence-electron chi connectivity index (χ0n) is 18.1. The molecule has 1 fully saturated rings. The number of rotatable bonds is 5. The van der Waals surface area contributed by atoms with Gasteiger partial charge in [0, 0.05) is 42.2 Å². The fraction of sp³-hybridized carbons (Fsp3) is 0.292. The molecule has 34 heavy (non-hydrogen) atoms. The summed E-state index contributed by atoms with van der Waals surface area (Å²) in [4.78, 5) is 8.04. The van der Waals surface area contributed by atoms with Crippen LogP contribution in [0.15, 0.2) is 42.9 Å². The van der Waals surface area contributed by atoms with Gasteiger partial charge < -0.3 is 9.47 Å². The molecule has 1 aromatic carbocycles. The Balaban J connectivity index is 1.59. The van der Waals surface area contributed by atoms with Crippen molar-refractivity contribution in [1.29, 1.82) is 0 Å². The van der Waals surface area contributed by atoms with Gasteiger partial charge in [-0.3, -0.25) is 4.98 Å². The third-order valence-corrected chi connectivity index (χ3v) is 6.60. The third kappa shape index (κ3) is 4.45.